The zero-order valence-corrected chi connectivity index (χ0v) is 13.1. The second-order valence-electron chi connectivity index (χ2n) is 6.34. The summed E-state index contributed by atoms with van der Waals surface area (Å²) in [6, 6.07) is 17.0. The molecule has 0 aromatic heterocycles. The van der Waals surface area contributed by atoms with Crippen molar-refractivity contribution in [2.75, 3.05) is 13.1 Å². The molecule has 2 heterocycles. The van der Waals surface area contributed by atoms with Crippen LogP contribution in [0.4, 0.5) is 0 Å². The van der Waals surface area contributed by atoms with Crippen LogP contribution in [0.15, 0.2) is 42.5 Å². The number of fused-ring (bicyclic) bond motifs is 3. The molecular weight excluding hydrogens is 280 g/mol. The molecule has 2 aliphatic rings. The maximum Gasteiger partial charge on any atom is 0.0234 e. The van der Waals surface area contributed by atoms with Gasteiger partial charge >= 0.3 is 0 Å². The lowest BCUT2D eigenvalue weighted by molar-refractivity contribution is 0.251. The predicted molar refractivity (Wildman–Crippen MR) is 91.0 cm³/mol. The lowest BCUT2D eigenvalue weighted by Crippen LogP contribution is -2.34. The molecule has 2 fully saturated rings. The highest BCUT2D eigenvalue weighted by molar-refractivity contribution is 5.85. The van der Waals surface area contributed by atoms with E-state index in [1.54, 1.807) is 0 Å². The Morgan fingerprint density at radius 3 is 2.67 bits per heavy atom. The van der Waals surface area contributed by atoms with Crippen LogP contribution in [-0.4, -0.2) is 30.1 Å². The highest BCUT2D eigenvalue weighted by Crippen LogP contribution is 2.22. The second kappa shape index (κ2) is 6.35. The topological polar surface area (TPSA) is 15.3 Å². The number of halogens is 1. The van der Waals surface area contributed by atoms with Gasteiger partial charge in [0, 0.05) is 31.7 Å². The van der Waals surface area contributed by atoms with Crippen molar-refractivity contribution in [3.8, 4) is 0 Å². The van der Waals surface area contributed by atoms with Crippen molar-refractivity contribution < 1.29 is 0 Å². The first-order chi connectivity index (χ1) is 9.87. The summed E-state index contributed by atoms with van der Waals surface area (Å²) in [5.41, 5.74) is 1.45. The molecule has 0 amide bonds. The third-order valence-electron chi connectivity index (χ3n) is 4.83. The van der Waals surface area contributed by atoms with Crippen LogP contribution in [0.3, 0.4) is 0 Å². The molecule has 2 unspecified atom stereocenters. The van der Waals surface area contributed by atoms with Gasteiger partial charge in [-0.3, -0.25) is 4.90 Å². The lowest BCUT2D eigenvalue weighted by atomic mass is 10.1. The molecular formula is C18H23ClN2. The van der Waals surface area contributed by atoms with Gasteiger partial charge in [-0.2, -0.15) is 0 Å². The SMILES string of the molecule is Cl.c1ccc2cc(CN3CCC4CCC(C3)N4)ccc2c1. The van der Waals surface area contributed by atoms with E-state index in [0.717, 1.165) is 18.6 Å². The van der Waals surface area contributed by atoms with E-state index in [4.69, 9.17) is 0 Å². The summed E-state index contributed by atoms with van der Waals surface area (Å²) >= 11 is 0. The molecule has 2 bridgehead atoms. The maximum atomic E-state index is 3.76. The monoisotopic (exact) mass is 302 g/mol. The molecule has 3 heteroatoms. The van der Waals surface area contributed by atoms with Crippen LogP contribution < -0.4 is 5.32 Å². The first-order valence-corrected chi connectivity index (χ1v) is 7.83. The van der Waals surface area contributed by atoms with Crippen LogP contribution in [0.2, 0.25) is 0 Å². The standard InChI is InChI=1S/C18H22N2.ClH/c1-2-4-16-11-14(5-6-15(16)3-1)12-20-10-9-17-7-8-18(13-20)19-17;/h1-6,11,17-19H,7-10,12-13H2;1H. The Morgan fingerprint density at radius 2 is 1.76 bits per heavy atom. The third kappa shape index (κ3) is 3.23. The van der Waals surface area contributed by atoms with E-state index in [2.05, 4.69) is 52.7 Å². The van der Waals surface area contributed by atoms with Crippen molar-refractivity contribution in [3.05, 3.63) is 48.0 Å². The third-order valence-corrected chi connectivity index (χ3v) is 4.83. The first-order valence-electron chi connectivity index (χ1n) is 7.83. The molecule has 4 rings (SSSR count). The number of nitrogens with zero attached hydrogens (tertiary/aromatic N) is 1. The first kappa shape index (κ1) is 14.8. The maximum absolute atomic E-state index is 3.76. The van der Waals surface area contributed by atoms with Crippen LogP contribution in [0.5, 0.6) is 0 Å². The minimum Gasteiger partial charge on any atom is -0.310 e. The molecule has 2 saturated heterocycles. The molecule has 1 N–H and O–H groups in total. The van der Waals surface area contributed by atoms with Gasteiger partial charge < -0.3 is 5.32 Å². The van der Waals surface area contributed by atoms with Gasteiger partial charge in [-0.05, 0) is 41.7 Å². The van der Waals surface area contributed by atoms with E-state index in [1.165, 1.54) is 48.7 Å². The average molecular weight is 303 g/mol. The predicted octanol–water partition coefficient (Wildman–Crippen LogP) is 3.59. The van der Waals surface area contributed by atoms with Gasteiger partial charge in [-0.15, -0.1) is 12.4 Å². The molecule has 0 radical (unpaired) electrons. The normalized spacial score (nSPS) is 25.5. The van der Waals surface area contributed by atoms with Crippen molar-refractivity contribution in [2.24, 2.45) is 0 Å². The van der Waals surface area contributed by atoms with Gasteiger partial charge in [0.15, 0.2) is 0 Å². The fraction of sp³-hybridized carbons (Fsp3) is 0.444. The summed E-state index contributed by atoms with van der Waals surface area (Å²) in [5.74, 6) is 0. The van der Waals surface area contributed by atoms with Crippen LogP contribution >= 0.6 is 12.4 Å². The molecule has 112 valence electrons. The van der Waals surface area contributed by atoms with Crippen LogP contribution in [-0.2, 0) is 6.54 Å². The molecule has 2 aromatic carbocycles. The van der Waals surface area contributed by atoms with E-state index in [1.807, 2.05) is 0 Å². The van der Waals surface area contributed by atoms with Crippen LogP contribution in [0, 0.1) is 0 Å². The molecule has 2 atom stereocenters. The van der Waals surface area contributed by atoms with Crippen LogP contribution in [0.25, 0.3) is 10.8 Å². The van der Waals surface area contributed by atoms with Gasteiger partial charge in [-0.1, -0.05) is 36.4 Å². The molecule has 2 aromatic rings. The highest BCUT2D eigenvalue weighted by atomic mass is 35.5. The van der Waals surface area contributed by atoms with E-state index in [-0.39, 0.29) is 12.4 Å². The van der Waals surface area contributed by atoms with Gasteiger partial charge in [0.25, 0.3) is 0 Å². The fourth-order valence-corrected chi connectivity index (χ4v) is 3.75. The smallest absolute Gasteiger partial charge is 0.0234 e. The van der Waals surface area contributed by atoms with Gasteiger partial charge in [-0.25, -0.2) is 0 Å². The Kier molecular flexibility index (Phi) is 4.48. The number of benzene rings is 2. The van der Waals surface area contributed by atoms with Gasteiger partial charge in [0.1, 0.15) is 0 Å². The zero-order chi connectivity index (χ0) is 13.4. The molecule has 21 heavy (non-hydrogen) atoms. The molecule has 0 aliphatic carbocycles. The summed E-state index contributed by atoms with van der Waals surface area (Å²) in [5, 5.41) is 6.46. The van der Waals surface area contributed by atoms with Crippen molar-refractivity contribution in [2.45, 2.75) is 37.9 Å². The Hall–Kier alpha value is -1.09. The highest BCUT2D eigenvalue weighted by Gasteiger charge is 2.28. The summed E-state index contributed by atoms with van der Waals surface area (Å²) in [6.45, 7) is 3.54. The van der Waals surface area contributed by atoms with E-state index in [0.29, 0.717) is 0 Å². The minimum atomic E-state index is 0. The van der Waals surface area contributed by atoms with Gasteiger partial charge in [0.05, 0.1) is 0 Å². The molecule has 0 saturated carbocycles. The summed E-state index contributed by atoms with van der Waals surface area (Å²) in [6.07, 6.45) is 4.05. The Bertz CT molecular complexity index is 613. The summed E-state index contributed by atoms with van der Waals surface area (Å²) in [7, 11) is 0. The van der Waals surface area contributed by atoms with Crippen molar-refractivity contribution >= 4 is 23.2 Å². The largest absolute Gasteiger partial charge is 0.310 e. The molecule has 2 nitrogen and oxygen atoms in total. The number of likely N-dealkylation sites (tertiary alicyclic amines) is 1. The second-order valence-corrected chi connectivity index (χ2v) is 6.34. The van der Waals surface area contributed by atoms with E-state index < -0.39 is 0 Å². The summed E-state index contributed by atoms with van der Waals surface area (Å²) in [4.78, 5) is 2.63. The fourth-order valence-electron chi connectivity index (χ4n) is 3.75. The average Bonchev–Trinajstić information content (AvgIpc) is 2.81. The zero-order valence-electron chi connectivity index (χ0n) is 12.3. The Labute approximate surface area is 132 Å². The molecule has 2 aliphatic heterocycles. The number of rotatable bonds is 2. The molecule has 0 spiro atoms. The van der Waals surface area contributed by atoms with E-state index >= 15 is 0 Å². The lowest BCUT2D eigenvalue weighted by Gasteiger charge is -2.24. The minimum absolute atomic E-state index is 0. The summed E-state index contributed by atoms with van der Waals surface area (Å²) < 4.78 is 0. The Balaban J connectivity index is 0.00000132. The number of hydrogen-bond acceptors (Lipinski definition) is 2. The van der Waals surface area contributed by atoms with Crippen molar-refractivity contribution in [3.63, 3.8) is 0 Å². The quantitative estimate of drug-likeness (QED) is 0.912. The van der Waals surface area contributed by atoms with Crippen LogP contribution in [0.1, 0.15) is 24.8 Å². The van der Waals surface area contributed by atoms with E-state index in [9.17, 15) is 0 Å². The number of hydrogen-bond donors (Lipinski definition) is 1. The van der Waals surface area contributed by atoms with Gasteiger partial charge in [0.2, 0.25) is 0 Å². The van der Waals surface area contributed by atoms with Crippen molar-refractivity contribution in [1.82, 2.24) is 10.2 Å². The van der Waals surface area contributed by atoms with Crippen molar-refractivity contribution in [1.29, 1.82) is 0 Å². The number of nitrogens with one attached hydrogen (secondary N) is 1. The Morgan fingerprint density at radius 1 is 0.952 bits per heavy atom.